The van der Waals surface area contributed by atoms with Gasteiger partial charge in [-0.1, -0.05) is 25.0 Å². The standard InChI is InChI=1S/C17H23N3O2S/c1-23-11-15-19-13-6-2-3-7-14(13)20(15)10-16(21)18-12-17(22)8-4-5-9-17/h2-3,6-7,22H,4-5,8-12H2,1H3,(H,18,21). The SMILES string of the molecule is CSCc1nc2ccccc2n1CC(=O)NCC1(O)CCCC1. The van der Waals surface area contributed by atoms with E-state index in [1.165, 1.54) is 0 Å². The molecule has 1 aliphatic carbocycles. The van der Waals surface area contributed by atoms with Gasteiger partial charge in [-0.05, 0) is 31.2 Å². The van der Waals surface area contributed by atoms with Crippen molar-refractivity contribution in [1.29, 1.82) is 0 Å². The smallest absolute Gasteiger partial charge is 0.240 e. The van der Waals surface area contributed by atoms with E-state index in [1.807, 2.05) is 35.1 Å². The van der Waals surface area contributed by atoms with Gasteiger partial charge in [-0.2, -0.15) is 11.8 Å². The summed E-state index contributed by atoms with van der Waals surface area (Å²) in [6, 6.07) is 7.87. The number of carbonyl (C=O) groups excluding carboxylic acids is 1. The van der Waals surface area contributed by atoms with Crippen LogP contribution in [0, 0.1) is 0 Å². The van der Waals surface area contributed by atoms with E-state index in [1.54, 1.807) is 11.8 Å². The Morgan fingerprint density at radius 2 is 2.13 bits per heavy atom. The van der Waals surface area contributed by atoms with Crippen LogP contribution in [0.25, 0.3) is 11.0 Å². The molecule has 1 amide bonds. The fourth-order valence-electron chi connectivity index (χ4n) is 3.21. The van der Waals surface area contributed by atoms with Crippen LogP contribution in [0.3, 0.4) is 0 Å². The Hall–Kier alpha value is -1.53. The fraction of sp³-hybridized carbons (Fsp3) is 0.529. The number of rotatable bonds is 6. The summed E-state index contributed by atoms with van der Waals surface area (Å²) < 4.78 is 1.97. The van der Waals surface area contributed by atoms with E-state index in [-0.39, 0.29) is 12.5 Å². The molecule has 0 bridgehead atoms. The van der Waals surface area contributed by atoms with Gasteiger partial charge in [0.25, 0.3) is 0 Å². The van der Waals surface area contributed by atoms with E-state index >= 15 is 0 Å². The number of benzene rings is 1. The van der Waals surface area contributed by atoms with Gasteiger partial charge < -0.3 is 15.0 Å². The molecule has 1 aliphatic rings. The van der Waals surface area contributed by atoms with E-state index in [0.717, 1.165) is 48.3 Å². The molecule has 124 valence electrons. The van der Waals surface area contributed by atoms with E-state index in [0.29, 0.717) is 6.54 Å². The quantitative estimate of drug-likeness (QED) is 0.851. The molecule has 2 N–H and O–H groups in total. The van der Waals surface area contributed by atoms with E-state index in [9.17, 15) is 9.90 Å². The van der Waals surface area contributed by atoms with Gasteiger partial charge in [-0.25, -0.2) is 4.98 Å². The third kappa shape index (κ3) is 3.70. The molecule has 1 saturated carbocycles. The molecular weight excluding hydrogens is 310 g/mol. The van der Waals surface area contributed by atoms with Crippen molar-refractivity contribution < 1.29 is 9.90 Å². The van der Waals surface area contributed by atoms with Crippen LogP contribution in [0.15, 0.2) is 24.3 Å². The van der Waals surface area contributed by atoms with Crippen molar-refractivity contribution in [2.24, 2.45) is 0 Å². The second kappa shape index (κ2) is 6.93. The summed E-state index contributed by atoms with van der Waals surface area (Å²) >= 11 is 1.69. The van der Waals surface area contributed by atoms with Gasteiger partial charge in [0.05, 0.1) is 22.4 Å². The zero-order valence-corrected chi connectivity index (χ0v) is 14.2. The van der Waals surface area contributed by atoms with Crippen molar-refractivity contribution in [3.63, 3.8) is 0 Å². The van der Waals surface area contributed by atoms with Crippen molar-refractivity contribution >= 4 is 28.7 Å². The lowest BCUT2D eigenvalue weighted by Crippen LogP contribution is -2.42. The Morgan fingerprint density at radius 1 is 1.39 bits per heavy atom. The first kappa shape index (κ1) is 16.3. The first-order valence-corrected chi connectivity index (χ1v) is 9.43. The summed E-state index contributed by atoms with van der Waals surface area (Å²) in [5, 5.41) is 13.2. The molecule has 0 aliphatic heterocycles. The minimum absolute atomic E-state index is 0.0733. The van der Waals surface area contributed by atoms with E-state index in [4.69, 9.17) is 0 Å². The van der Waals surface area contributed by atoms with Crippen LogP contribution in [0.2, 0.25) is 0 Å². The molecule has 1 aromatic heterocycles. The predicted octanol–water partition coefficient (Wildman–Crippen LogP) is 2.32. The number of nitrogens with one attached hydrogen (secondary N) is 1. The number of nitrogens with zero attached hydrogens (tertiary/aromatic N) is 2. The normalized spacial score (nSPS) is 16.8. The summed E-state index contributed by atoms with van der Waals surface area (Å²) in [5.41, 5.74) is 1.18. The summed E-state index contributed by atoms with van der Waals surface area (Å²) in [4.78, 5) is 17.0. The van der Waals surface area contributed by atoms with Gasteiger partial charge in [0.1, 0.15) is 12.4 Å². The van der Waals surface area contributed by atoms with Crippen molar-refractivity contribution in [2.45, 2.75) is 43.6 Å². The van der Waals surface area contributed by atoms with Crippen LogP contribution in [-0.2, 0) is 17.1 Å². The number of hydrogen-bond acceptors (Lipinski definition) is 4. The van der Waals surface area contributed by atoms with Crippen molar-refractivity contribution in [3.05, 3.63) is 30.1 Å². The number of hydrogen-bond donors (Lipinski definition) is 2. The third-order valence-corrected chi connectivity index (χ3v) is 5.00. The summed E-state index contributed by atoms with van der Waals surface area (Å²) in [5.74, 6) is 1.61. The van der Waals surface area contributed by atoms with Crippen LogP contribution in [0.4, 0.5) is 0 Å². The molecule has 5 nitrogen and oxygen atoms in total. The molecule has 1 aromatic carbocycles. The highest BCUT2D eigenvalue weighted by Gasteiger charge is 2.31. The second-order valence-corrected chi connectivity index (χ2v) is 7.11. The maximum atomic E-state index is 12.3. The highest BCUT2D eigenvalue weighted by atomic mass is 32.2. The Balaban J connectivity index is 1.72. The Bertz CT molecular complexity index is 692. The van der Waals surface area contributed by atoms with Gasteiger partial charge in [0, 0.05) is 6.54 Å². The molecule has 0 radical (unpaired) electrons. The highest BCUT2D eigenvalue weighted by molar-refractivity contribution is 7.97. The van der Waals surface area contributed by atoms with Gasteiger partial charge in [-0.3, -0.25) is 4.79 Å². The zero-order valence-electron chi connectivity index (χ0n) is 13.4. The topological polar surface area (TPSA) is 67.2 Å². The monoisotopic (exact) mass is 333 g/mol. The lowest BCUT2D eigenvalue weighted by molar-refractivity contribution is -0.122. The van der Waals surface area contributed by atoms with Crippen molar-refractivity contribution in [3.8, 4) is 0 Å². The minimum Gasteiger partial charge on any atom is -0.388 e. The first-order valence-electron chi connectivity index (χ1n) is 8.03. The molecular formula is C17H23N3O2S. The summed E-state index contributed by atoms with van der Waals surface area (Å²) in [6.07, 6.45) is 5.66. The molecule has 0 saturated heterocycles. The van der Waals surface area contributed by atoms with Gasteiger partial charge in [-0.15, -0.1) is 0 Å². The van der Waals surface area contributed by atoms with Crippen LogP contribution in [0.5, 0.6) is 0 Å². The number of carbonyl (C=O) groups is 1. The molecule has 2 aromatic rings. The molecule has 0 atom stereocenters. The molecule has 1 heterocycles. The summed E-state index contributed by atoms with van der Waals surface area (Å²) in [6.45, 7) is 0.586. The number of amides is 1. The first-order chi connectivity index (χ1) is 11.1. The van der Waals surface area contributed by atoms with Gasteiger partial charge in [0.15, 0.2) is 0 Å². The Morgan fingerprint density at radius 3 is 2.87 bits per heavy atom. The fourth-order valence-corrected chi connectivity index (χ4v) is 3.69. The number of fused-ring (bicyclic) bond motifs is 1. The summed E-state index contributed by atoms with van der Waals surface area (Å²) in [7, 11) is 0. The largest absolute Gasteiger partial charge is 0.388 e. The number of thioether (sulfide) groups is 1. The Labute approximate surface area is 140 Å². The molecule has 0 spiro atoms. The van der Waals surface area contributed by atoms with Gasteiger partial charge >= 0.3 is 0 Å². The number of aromatic nitrogens is 2. The molecule has 0 unspecified atom stereocenters. The van der Waals surface area contributed by atoms with Crippen LogP contribution < -0.4 is 5.32 Å². The van der Waals surface area contributed by atoms with E-state index < -0.39 is 5.60 Å². The second-order valence-electron chi connectivity index (χ2n) is 6.24. The zero-order chi connectivity index (χ0) is 16.3. The van der Waals surface area contributed by atoms with Gasteiger partial charge in [0.2, 0.25) is 5.91 Å². The van der Waals surface area contributed by atoms with Crippen molar-refractivity contribution in [2.75, 3.05) is 12.8 Å². The maximum absolute atomic E-state index is 12.3. The predicted molar refractivity (Wildman–Crippen MR) is 93.4 cm³/mol. The minimum atomic E-state index is -0.714. The molecule has 1 fully saturated rings. The van der Waals surface area contributed by atoms with Crippen LogP contribution >= 0.6 is 11.8 Å². The van der Waals surface area contributed by atoms with E-state index in [2.05, 4.69) is 10.3 Å². The lowest BCUT2D eigenvalue weighted by atomic mass is 10.0. The van der Waals surface area contributed by atoms with Crippen molar-refractivity contribution in [1.82, 2.24) is 14.9 Å². The molecule has 3 rings (SSSR count). The number of para-hydroxylation sites is 2. The average molecular weight is 333 g/mol. The third-order valence-electron chi connectivity index (χ3n) is 4.46. The van der Waals surface area contributed by atoms with Crippen LogP contribution in [-0.4, -0.2) is 39.0 Å². The number of aliphatic hydroxyl groups is 1. The average Bonchev–Trinajstić information content (AvgIpc) is 3.12. The molecule has 6 heteroatoms. The lowest BCUT2D eigenvalue weighted by Gasteiger charge is -2.22. The maximum Gasteiger partial charge on any atom is 0.240 e. The van der Waals surface area contributed by atoms with Crippen LogP contribution in [0.1, 0.15) is 31.5 Å². The molecule has 23 heavy (non-hydrogen) atoms. The Kier molecular flexibility index (Phi) is 4.92. The highest BCUT2D eigenvalue weighted by Crippen LogP contribution is 2.28. The number of imidazole rings is 1.